The van der Waals surface area contributed by atoms with Crippen LogP contribution in [0.2, 0.25) is 0 Å². The molecule has 0 spiro atoms. The van der Waals surface area contributed by atoms with Crippen LogP contribution in [0.1, 0.15) is 25.7 Å². The number of benzene rings is 1. The lowest BCUT2D eigenvalue weighted by molar-refractivity contribution is -0.121. The van der Waals surface area contributed by atoms with E-state index >= 15 is 0 Å². The molecule has 3 nitrogen and oxygen atoms in total. The number of aliphatic hydroxyl groups is 1. The molecule has 1 fully saturated rings. The highest BCUT2D eigenvalue weighted by molar-refractivity contribution is 9.10. The van der Waals surface area contributed by atoms with Gasteiger partial charge in [-0.15, -0.1) is 0 Å². The van der Waals surface area contributed by atoms with Gasteiger partial charge >= 0.3 is 0 Å². The summed E-state index contributed by atoms with van der Waals surface area (Å²) >= 11 is 3.39. The van der Waals surface area contributed by atoms with E-state index in [1.54, 1.807) is 0 Å². The minimum atomic E-state index is 0.0896. The van der Waals surface area contributed by atoms with Gasteiger partial charge in [-0.05, 0) is 49.8 Å². The Morgan fingerprint density at radius 3 is 2.67 bits per heavy atom. The average molecular weight is 312 g/mol. The third-order valence-electron chi connectivity index (χ3n) is 3.57. The summed E-state index contributed by atoms with van der Waals surface area (Å²) in [6.07, 6.45) is 3.66. The largest absolute Gasteiger partial charge is 0.396 e. The van der Waals surface area contributed by atoms with Gasteiger partial charge in [-0.1, -0.05) is 22.0 Å². The van der Waals surface area contributed by atoms with E-state index in [1.807, 2.05) is 24.3 Å². The molecule has 0 saturated heterocycles. The van der Waals surface area contributed by atoms with E-state index in [-0.39, 0.29) is 18.4 Å². The van der Waals surface area contributed by atoms with Gasteiger partial charge in [-0.3, -0.25) is 4.79 Å². The molecule has 98 valence electrons. The number of carbonyl (C=O) groups is 1. The Morgan fingerprint density at radius 1 is 1.33 bits per heavy atom. The molecule has 18 heavy (non-hydrogen) atoms. The second-order valence-electron chi connectivity index (χ2n) is 4.90. The number of halogens is 1. The van der Waals surface area contributed by atoms with Crippen LogP contribution in [0.15, 0.2) is 28.7 Å². The Bertz CT molecular complexity index is 414. The van der Waals surface area contributed by atoms with Crippen LogP contribution in [-0.4, -0.2) is 17.6 Å². The van der Waals surface area contributed by atoms with Crippen molar-refractivity contribution in [3.8, 4) is 0 Å². The number of nitrogens with one attached hydrogen (secondary N) is 1. The first-order valence-corrected chi connectivity index (χ1v) is 7.15. The van der Waals surface area contributed by atoms with E-state index in [0.717, 1.165) is 35.8 Å². The molecule has 1 aliphatic rings. The molecular weight excluding hydrogens is 294 g/mol. The second kappa shape index (κ2) is 6.34. The maximum Gasteiger partial charge on any atom is 0.227 e. The van der Waals surface area contributed by atoms with E-state index in [4.69, 9.17) is 5.11 Å². The van der Waals surface area contributed by atoms with Gasteiger partial charge in [0, 0.05) is 22.7 Å². The van der Waals surface area contributed by atoms with Crippen molar-refractivity contribution in [1.82, 2.24) is 0 Å². The number of rotatable bonds is 3. The number of aliphatic hydroxyl groups excluding tert-OH is 1. The monoisotopic (exact) mass is 311 g/mol. The van der Waals surface area contributed by atoms with Crippen LogP contribution in [0.5, 0.6) is 0 Å². The van der Waals surface area contributed by atoms with Crippen molar-refractivity contribution in [2.45, 2.75) is 25.7 Å². The van der Waals surface area contributed by atoms with Gasteiger partial charge in [-0.2, -0.15) is 0 Å². The lowest BCUT2D eigenvalue weighted by atomic mass is 9.82. The van der Waals surface area contributed by atoms with Crippen molar-refractivity contribution in [2.75, 3.05) is 11.9 Å². The smallest absolute Gasteiger partial charge is 0.227 e. The third kappa shape index (κ3) is 3.56. The predicted octanol–water partition coefficient (Wildman–Crippen LogP) is 3.19. The zero-order valence-corrected chi connectivity index (χ0v) is 11.8. The molecule has 0 atom stereocenters. The fourth-order valence-electron chi connectivity index (χ4n) is 2.42. The molecule has 0 aliphatic heterocycles. The Labute approximate surface area is 116 Å². The van der Waals surface area contributed by atoms with Crippen molar-refractivity contribution < 1.29 is 9.90 Å². The quantitative estimate of drug-likeness (QED) is 0.900. The van der Waals surface area contributed by atoms with Gasteiger partial charge in [0.15, 0.2) is 0 Å². The van der Waals surface area contributed by atoms with Crippen LogP contribution < -0.4 is 5.32 Å². The molecular formula is C14H18BrNO2. The van der Waals surface area contributed by atoms with E-state index in [0.29, 0.717) is 5.92 Å². The van der Waals surface area contributed by atoms with Gasteiger partial charge in [0.05, 0.1) is 0 Å². The van der Waals surface area contributed by atoms with Crippen LogP contribution in [0, 0.1) is 11.8 Å². The van der Waals surface area contributed by atoms with Crippen molar-refractivity contribution in [3.63, 3.8) is 0 Å². The first-order chi connectivity index (χ1) is 8.69. The Morgan fingerprint density at radius 2 is 2.06 bits per heavy atom. The number of carbonyl (C=O) groups excluding carboxylic acids is 1. The fraction of sp³-hybridized carbons (Fsp3) is 0.500. The zero-order valence-electron chi connectivity index (χ0n) is 10.2. The normalized spacial score (nSPS) is 23.7. The second-order valence-corrected chi connectivity index (χ2v) is 5.82. The van der Waals surface area contributed by atoms with Crippen molar-refractivity contribution in [3.05, 3.63) is 28.7 Å². The summed E-state index contributed by atoms with van der Waals surface area (Å²) < 4.78 is 0.962. The molecule has 0 radical (unpaired) electrons. The maximum atomic E-state index is 12.1. The van der Waals surface area contributed by atoms with Crippen LogP contribution in [0.25, 0.3) is 0 Å². The summed E-state index contributed by atoms with van der Waals surface area (Å²) in [5.74, 6) is 0.580. The van der Waals surface area contributed by atoms with Gasteiger partial charge in [0.1, 0.15) is 0 Å². The molecule has 1 aromatic rings. The van der Waals surface area contributed by atoms with Crippen LogP contribution >= 0.6 is 15.9 Å². The average Bonchev–Trinajstić information content (AvgIpc) is 2.39. The molecule has 1 aliphatic carbocycles. The topological polar surface area (TPSA) is 49.3 Å². The van der Waals surface area contributed by atoms with Crippen molar-refractivity contribution >= 4 is 27.5 Å². The predicted molar refractivity (Wildman–Crippen MR) is 75.3 cm³/mol. The molecule has 0 heterocycles. The van der Waals surface area contributed by atoms with Crippen molar-refractivity contribution in [2.24, 2.45) is 11.8 Å². The zero-order chi connectivity index (χ0) is 13.0. The standard InChI is InChI=1S/C14H18BrNO2/c15-12-2-1-3-13(8-12)16-14(18)11-6-4-10(9-17)5-7-11/h1-3,8,10-11,17H,4-7,9H2,(H,16,18). The van der Waals surface area contributed by atoms with Crippen LogP contribution in [-0.2, 0) is 4.79 Å². The van der Waals surface area contributed by atoms with Gasteiger partial charge in [0.25, 0.3) is 0 Å². The molecule has 1 aromatic carbocycles. The Kier molecular flexibility index (Phi) is 4.78. The summed E-state index contributed by atoms with van der Waals surface area (Å²) in [4.78, 5) is 12.1. The highest BCUT2D eigenvalue weighted by Gasteiger charge is 2.25. The molecule has 4 heteroatoms. The van der Waals surface area contributed by atoms with Crippen LogP contribution in [0.3, 0.4) is 0 Å². The van der Waals surface area contributed by atoms with E-state index < -0.39 is 0 Å². The van der Waals surface area contributed by atoms with E-state index in [1.165, 1.54) is 0 Å². The highest BCUT2D eigenvalue weighted by atomic mass is 79.9. The first kappa shape index (κ1) is 13.6. The maximum absolute atomic E-state index is 12.1. The number of hydrogen-bond donors (Lipinski definition) is 2. The number of amides is 1. The lowest BCUT2D eigenvalue weighted by Gasteiger charge is -2.26. The van der Waals surface area contributed by atoms with E-state index in [9.17, 15) is 4.79 Å². The van der Waals surface area contributed by atoms with Crippen molar-refractivity contribution in [1.29, 1.82) is 0 Å². The number of anilines is 1. The minimum Gasteiger partial charge on any atom is -0.396 e. The van der Waals surface area contributed by atoms with Crippen LogP contribution in [0.4, 0.5) is 5.69 Å². The molecule has 0 unspecified atom stereocenters. The minimum absolute atomic E-state index is 0.0896. The Hall–Kier alpha value is -0.870. The van der Waals surface area contributed by atoms with E-state index in [2.05, 4.69) is 21.2 Å². The summed E-state index contributed by atoms with van der Waals surface area (Å²) in [6.45, 7) is 0.250. The first-order valence-electron chi connectivity index (χ1n) is 6.36. The highest BCUT2D eigenvalue weighted by Crippen LogP contribution is 2.29. The summed E-state index contributed by atoms with van der Waals surface area (Å²) in [5.41, 5.74) is 0.832. The van der Waals surface area contributed by atoms with Gasteiger partial charge in [-0.25, -0.2) is 0 Å². The summed E-state index contributed by atoms with van der Waals surface area (Å²) in [5, 5.41) is 12.0. The SMILES string of the molecule is O=C(Nc1cccc(Br)c1)C1CCC(CO)CC1. The fourth-order valence-corrected chi connectivity index (χ4v) is 2.82. The summed E-state index contributed by atoms with van der Waals surface area (Å²) in [7, 11) is 0. The molecule has 2 N–H and O–H groups in total. The van der Waals surface area contributed by atoms with Gasteiger partial charge < -0.3 is 10.4 Å². The molecule has 0 aromatic heterocycles. The molecule has 0 bridgehead atoms. The molecule has 1 saturated carbocycles. The molecule has 1 amide bonds. The molecule has 2 rings (SSSR count). The lowest BCUT2D eigenvalue weighted by Crippen LogP contribution is -2.28. The third-order valence-corrected chi connectivity index (χ3v) is 4.06. The summed E-state index contributed by atoms with van der Waals surface area (Å²) in [6, 6.07) is 7.63. The number of hydrogen-bond acceptors (Lipinski definition) is 2. The Balaban J connectivity index is 1.89. The van der Waals surface area contributed by atoms with Gasteiger partial charge in [0.2, 0.25) is 5.91 Å².